The van der Waals surface area contributed by atoms with E-state index in [-0.39, 0.29) is 5.41 Å². The molecule has 0 aliphatic carbocycles. The van der Waals surface area contributed by atoms with E-state index in [1.165, 1.54) is 12.2 Å². The normalized spacial score (nSPS) is 32.2. The molecule has 11 heavy (non-hydrogen) atoms. The molecule has 66 valence electrons. The van der Waals surface area contributed by atoms with Crippen LogP contribution in [-0.2, 0) is 0 Å². The van der Waals surface area contributed by atoms with Gasteiger partial charge in [-0.25, -0.2) is 0 Å². The van der Waals surface area contributed by atoms with E-state index in [0.717, 1.165) is 18.6 Å². The molecule has 3 heteroatoms. The van der Waals surface area contributed by atoms with Crippen LogP contribution >= 0.6 is 11.8 Å². The summed E-state index contributed by atoms with van der Waals surface area (Å²) in [7, 11) is 0. The Bertz CT molecular complexity index is 107. The molecule has 0 aromatic heterocycles. The molecule has 1 heterocycles. The van der Waals surface area contributed by atoms with Crippen molar-refractivity contribution in [3.8, 4) is 0 Å². The van der Waals surface area contributed by atoms with E-state index in [1.54, 1.807) is 0 Å². The summed E-state index contributed by atoms with van der Waals surface area (Å²) in [6, 6.07) is 0. The molecular weight excluding hydrogens is 158 g/mol. The second-order valence-corrected chi connectivity index (χ2v) is 4.46. The van der Waals surface area contributed by atoms with Crippen molar-refractivity contribution in [3.05, 3.63) is 0 Å². The maximum Gasteiger partial charge on any atom is 0.0495 e. The van der Waals surface area contributed by atoms with Gasteiger partial charge in [-0.1, -0.05) is 0 Å². The van der Waals surface area contributed by atoms with E-state index in [9.17, 15) is 5.11 Å². The third-order valence-electron chi connectivity index (χ3n) is 2.41. The highest BCUT2D eigenvalue weighted by atomic mass is 32.2. The summed E-state index contributed by atoms with van der Waals surface area (Å²) in [5.41, 5.74) is 5.66. The zero-order valence-electron chi connectivity index (χ0n) is 6.88. The standard InChI is InChI=1S/C8H17NOS/c9-4-3-8(6-10)2-1-5-11-7-8/h10H,1-7,9H2. The monoisotopic (exact) mass is 175 g/mol. The summed E-state index contributed by atoms with van der Waals surface area (Å²) in [6.45, 7) is 1.03. The minimum atomic E-state index is 0.164. The van der Waals surface area contributed by atoms with Crippen LogP contribution in [0.3, 0.4) is 0 Å². The quantitative estimate of drug-likeness (QED) is 0.668. The van der Waals surface area contributed by atoms with Gasteiger partial charge < -0.3 is 10.8 Å². The highest BCUT2D eigenvalue weighted by Crippen LogP contribution is 2.36. The maximum atomic E-state index is 9.20. The summed E-state index contributed by atoms with van der Waals surface area (Å²) in [5, 5.41) is 9.20. The minimum absolute atomic E-state index is 0.164. The highest BCUT2D eigenvalue weighted by Gasteiger charge is 2.30. The number of nitrogens with two attached hydrogens (primary N) is 1. The van der Waals surface area contributed by atoms with Crippen LogP contribution in [0.4, 0.5) is 0 Å². The second kappa shape index (κ2) is 4.33. The van der Waals surface area contributed by atoms with E-state index in [0.29, 0.717) is 13.2 Å². The summed E-state index contributed by atoms with van der Waals surface area (Å²) in [6.07, 6.45) is 3.38. The van der Waals surface area contributed by atoms with Crippen LogP contribution in [0.25, 0.3) is 0 Å². The maximum absolute atomic E-state index is 9.20. The van der Waals surface area contributed by atoms with Crippen LogP contribution in [-0.4, -0.2) is 29.8 Å². The first kappa shape index (κ1) is 9.36. The third-order valence-corrected chi connectivity index (χ3v) is 3.81. The van der Waals surface area contributed by atoms with Crippen molar-refractivity contribution in [2.24, 2.45) is 11.1 Å². The molecule has 3 N–H and O–H groups in total. The first-order valence-corrected chi connectivity index (χ1v) is 5.37. The first-order valence-electron chi connectivity index (χ1n) is 4.22. The summed E-state index contributed by atoms with van der Waals surface area (Å²) < 4.78 is 0. The average Bonchev–Trinajstić information content (AvgIpc) is 2.07. The van der Waals surface area contributed by atoms with Crippen LogP contribution in [0.1, 0.15) is 19.3 Å². The molecule has 0 aromatic carbocycles. The zero-order chi connectivity index (χ0) is 8.16. The van der Waals surface area contributed by atoms with Crippen molar-refractivity contribution in [1.82, 2.24) is 0 Å². The molecular formula is C8H17NOS. The molecule has 0 bridgehead atoms. The number of aliphatic hydroxyl groups excluding tert-OH is 1. The van der Waals surface area contributed by atoms with E-state index < -0.39 is 0 Å². The molecule has 1 atom stereocenters. The van der Waals surface area contributed by atoms with Gasteiger partial charge in [0, 0.05) is 17.8 Å². The van der Waals surface area contributed by atoms with Crippen molar-refractivity contribution in [3.63, 3.8) is 0 Å². The predicted molar refractivity (Wildman–Crippen MR) is 49.7 cm³/mol. The van der Waals surface area contributed by atoms with Crippen molar-refractivity contribution < 1.29 is 5.11 Å². The van der Waals surface area contributed by atoms with Gasteiger partial charge >= 0.3 is 0 Å². The van der Waals surface area contributed by atoms with Gasteiger partial charge in [0.25, 0.3) is 0 Å². The molecule has 0 saturated carbocycles. The van der Waals surface area contributed by atoms with Gasteiger partial charge in [-0.15, -0.1) is 0 Å². The summed E-state index contributed by atoms with van der Waals surface area (Å²) in [4.78, 5) is 0. The second-order valence-electron chi connectivity index (χ2n) is 3.35. The van der Waals surface area contributed by atoms with Gasteiger partial charge in [-0.3, -0.25) is 0 Å². The van der Waals surface area contributed by atoms with Crippen molar-refractivity contribution >= 4 is 11.8 Å². The Morgan fingerprint density at radius 2 is 2.36 bits per heavy atom. The fourth-order valence-electron chi connectivity index (χ4n) is 1.62. The number of hydrogen-bond donors (Lipinski definition) is 2. The molecule has 2 nitrogen and oxygen atoms in total. The fourth-order valence-corrected chi connectivity index (χ4v) is 2.92. The lowest BCUT2D eigenvalue weighted by Crippen LogP contribution is -2.33. The molecule has 0 aromatic rings. The summed E-state index contributed by atoms with van der Waals surface area (Å²) >= 11 is 1.95. The lowest BCUT2D eigenvalue weighted by Gasteiger charge is -2.34. The van der Waals surface area contributed by atoms with Gasteiger partial charge in [-0.05, 0) is 31.6 Å². The van der Waals surface area contributed by atoms with Crippen LogP contribution < -0.4 is 5.73 Å². The number of aliphatic hydroxyl groups is 1. The lowest BCUT2D eigenvalue weighted by atomic mass is 9.82. The van der Waals surface area contributed by atoms with Crippen LogP contribution in [0.15, 0.2) is 0 Å². The van der Waals surface area contributed by atoms with Gasteiger partial charge in [0.15, 0.2) is 0 Å². The van der Waals surface area contributed by atoms with E-state index in [1.807, 2.05) is 11.8 Å². The molecule has 1 unspecified atom stereocenters. The topological polar surface area (TPSA) is 46.2 Å². The van der Waals surface area contributed by atoms with E-state index in [4.69, 9.17) is 5.73 Å². The Balaban J connectivity index is 2.42. The van der Waals surface area contributed by atoms with Gasteiger partial charge in [-0.2, -0.15) is 11.8 Å². The molecule has 1 aliphatic heterocycles. The molecule has 0 radical (unpaired) electrons. The smallest absolute Gasteiger partial charge is 0.0495 e. The molecule has 1 saturated heterocycles. The van der Waals surface area contributed by atoms with E-state index in [2.05, 4.69) is 0 Å². The van der Waals surface area contributed by atoms with E-state index >= 15 is 0 Å². The van der Waals surface area contributed by atoms with Crippen LogP contribution in [0.2, 0.25) is 0 Å². The Hall–Kier alpha value is 0.270. The van der Waals surface area contributed by atoms with Crippen molar-refractivity contribution in [2.45, 2.75) is 19.3 Å². The van der Waals surface area contributed by atoms with Gasteiger partial charge in [0.2, 0.25) is 0 Å². The SMILES string of the molecule is NCCC1(CO)CCCSC1. The Morgan fingerprint density at radius 1 is 1.55 bits per heavy atom. The predicted octanol–water partition coefficient (Wildman–Crippen LogP) is 0.841. The number of thioether (sulfide) groups is 1. The van der Waals surface area contributed by atoms with Crippen LogP contribution in [0, 0.1) is 5.41 Å². The molecule has 1 aliphatic rings. The molecule has 1 fully saturated rings. The summed E-state index contributed by atoms with van der Waals surface area (Å²) in [5.74, 6) is 2.35. The van der Waals surface area contributed by atoms with Gasteiger partial charge in [0.05, 0.1) is 0 Å². The Morgan fingerprint density at radius 3 is 2.82 bits per heavy atom. The van der Waals surface area contributed by atoms with Crippen LogP contribution in [0.5, 0.6) is 0 Å². The number of hydrogen-bond acceptors (Lipinski definition) is 3. The Kier molecular flexibility index (Phi) is 3.69. The average molecular weight is 175 g/mol. The third kappa shape index (κ3) is 2.36. The van der Waals surface area contributed by atoms with Crippen molar-refractivity contribution in [2.75, 3.05) is 24.7 Å². The lowest BCUT2D eigenvalue weighted by molar-refractivity contribution is 0.126. The minimum Gasteiger partial charge on any atom is -0.396 e. The molecule has 0 amide bonds. The molecule has 0 spiro atoms. The zero-order valence-corrected chi connectivity index (χ0v) is 7.70. The van der Waals surface area contributed by atoms with Crippen molar-refractivity contribution in [1.29, 1.82) is 0 Å². The number of rotatable bonds is 3. The molecule has 1 rings (SSSR count). The first-order chi connectivity index (χ1) is 5.33. The fraction of sp³-hybridized carbons (Fsp3) is 1.00. The largest absolute Gasteiger partial charge is 0.396 e. The highest BCUT2D eigenvalue weighted by molar-refractivity contribution is 7.99. The van der Waals surface area contributed by atoms with Gasteiger partial charge in [0.1, 0.15) is 0 Å². The Labute approximate surface area is 72.5 Å².